The first-order valence-electron chi connectivity index (χ1n) is 9.24. The molecule has 3 aromatic rings. The van der Waals surface area contributed by atoms with Crippen LogP contribution in [0.4, 0.5) is 0 Å². The minimum Gasteiger partial charge on any atom is -0.496 e. The van der Waals surface area contributed by atoms with Crippen LogP contribution in [0.25, 0.3) is 5.57 Å². The fourth-order valence-electron chi connectivity index (χ4n) is 2.92. The summed E-state index contributed by atoms with van der Waals surface area (Å²) in [6.07, 6.45) is 2.19. The Bertz CT molecular complexity index is 1030. The quantitative estimate of drug-likeness (QED) is 0.369. The van der Waals surface area contributed by atoms with E-state index in [4.69, 9.17) is 14.6 Å². The molecule has 0 radical (unpaired) electrons. The smallest absolute Gasteiger partial charge is 0.341 e. The van der Waals surface area contributed by atoms with Gasteiger partial charge < -0.3 is 14.6 Å². The third-order valence-corrected chi connectivity index (χ3v) is 6.19. The number of ether oxygens (including phenoxy) is 2. The van der Waals surface area contributed by atoms with Crippen LogP contribution in [0, 0.1) is 0 Å². The van der Waals surface area contributed by atoms with Gasteiger partial charge in [-0.2, -0.15) is 0 Å². The summed E-state index contributed by atoms with van der Waals surface area (Å²) < 4.78 is 11.7. The molecule has 0 aromatic heterocycles. The normalized spacial score (nSPS) is 11.2. The molecule has 3 rings (SSSR count). The second-order valence-electron chi connectivity index (χ2n) is 6.27. The number of rotatable bonds is 9. The topological polar surface area (TPSA) is 55.8 Å². The van der Waals surface area contributed by atoms with Crippen LogP contribution in [0.3, 0.4) is 0 Å². The number of hydrogen-bond acceptors (Lipinski definition) is 4. The zero-order valence-electron chi connectivity index (χ0n) is 16.4. The molecule has 0 amide bonds. The first-order chi connectivity index (χ1) is 14.6. The molecule has 0 aliphatic rings. The number of carboxylic acids is 1. The van der Waals surface area contributed by atoms with Gasteiger partial charge in [0, 0.05) is 20.7 Å². The molecule has 1 N–H and O–H groups in total. The first-order valence-corrected chi connectivity index (χ1v) is 11.0. The van der Waals surface area contributed by atoms with Crippen molar-refractivity contribution in [3.8, 4) is 11.5 Å². The van der Waals surface area contributed by atoms with Gasteiger partial charge in [-0.15, -0.1) is 11.8 Å². The molecule has 30 heavy (non-hydrogen) atoms. The molecular formula is C24H21BrO4S. The van der Waals surface area contributed by atoms with E-state index in [0.717, 1.165) is 37.6 Å². The van der Waals surface area contributed by atoms with Crippen LogP contribution in [-0.4, -0.2) is 30.5 Å². The SMILES string of the molecule is COc1ccccc1/C(=C\CSc1ccc(OCC(=O)O)cc1Br)c1ccccc1. The average Bonchev–Trinajstić information content (AvgIpc) is 2.77. The number of carboxylic acid groups (broad SMARTS) is 1. The Morgan fingerprint density at radius 3 is 2.50 bits per heavy atom. The van der Waals surface area contributed by atoms with E-state index in [1.165, 1.54) is 0 Å². The Balaban J connectivity index is 1.81. The molecule has 0 aliphatic heterocycles. The zero-order chi connectivity index (χ0) is 21.3. The molecule has 0 saturated carbocycles. The molecule has 154 valence electrons. The van der Waals surface area contributed by atoms with E-state index in [1.54, 1.807) is 31.0 Å². The molecule has 0 aliphatic carbocycles. The Hall–Kier alpha value is -2.70. The van der Waals surface area contributed by atoms with Crippen molar-refractivity contribution in [2.75, 3.05) is 19.5 Å². The number of hydrogen-bond donors (Lipinski definition) is 1. The van der Waals surface area contributed by atoms with E-state index < -0.39 is 5.97 Å². The lowest BCUT2D eigenvalue weighted by molar-refractivity contribution is -0.139. The summed E-state index contributed by atoms with van der Waals surface area (Å²) in [5.74, 6) is 1.09. The third kappa shape index (κ3) is 5.90. The van der Waals surface area contributed by atoms with E-state index in [0.29, 0.717) is 5.75 Å². The van der Waals surface area contributed by atoms with Gasteiger partial charge in [-0.3, -0.25) is 0 Å². The number of thioether (sulfide) groups is 1. The summed E-state index contributed by atoms with van der Waals surface area (Å²) >= 11 is 5.22. The molecule has 6 heteroatoms. The van der Waals surface area contributed by atoms with Gasteiger partial charge in [0.25, 0.3) is 0 Å². The molecule has 0 bridgehead atoms. The van der Waals surface area contributed by atoms with Crippen molar-refractivity contribution < 1.29 is 19.4 Å². The summed E-state index contributed by atoms with van der Waals surface area (Å²) in [6.45, 7) is -0.360. The van der Waals surface area contributed by atoms with Crippen molar-refractivity contribution in [1.29, 1.82) is 0 Å². The fraction of sp³-hybridized carbons (Fsp3) is 0.125. The Kier molecular flexibility index (Phi) is 7.99. The second kappa shape index (κ2) is 10.9. The van der Waals surface area contributed by atoms with E-state index in [9.17, 15) is 4.79 Å². The van der Waals surface area contributed by atoms with E-state index >= 15 is 0 Å². The monoisotopic (exact) mass is 484 g/mol. The maximum atomic E-state index is 10.7. The highest BCUT2D eigenvalue weighted by molar-refractivity contribution is 9.10. The number of carbonyl (C=O) groups is 1. The predicted molar refractivity (Wildman–Crippen MR) is 125 cm³/mol. The van der Waals surface area contributed by atoms with E-state index in [1.807, 2.05) is 42.5 Å². The van der Waals surface area contributed by atoms with Gasteiger partial charge >= 0.3 is 5.97 Å². The highest BCUT2D eigenvalue weighted by Gasteiger charge is 2.11. The lowest BCUT2D eigenvalue weighted by atomic mass is 9.97. The van der Waals surface area contributed by atoms with Gasteiger partial charge in [-0.05, 0) is 51.3 Å². The molecule has 0 fully saturated rings. The summed E-state index contributed by atoms with van der Waals surface area (Å²) in [7, 11) is 1.68. The van der Waals surface area contributed by atoms with Crippen molar-refractivity contribution in [1.82, 2.24) is 0 Å². The minimum atomic E-state index is -1.00. The van der Waals surface area contributed by atoms with Crippen molar-refractivity contribution >= 4 is 39.2 Å². The van der Waals surface area contributed by atoms with Crippen LogP contribution >= 0.6 is 27.7 Å². The van der Waals surface area contributed by atoms with Crippen LogP contribution in [0.1, 0.15) is 11.1 Å². The van der Waals surface area contributed by atoms with Crippen molar-refractivity contribution in [2.24, 2.45) is 0 Å². The summed E-state index contributed by atoms with van der Waals surface area (Å²) in [6, 6.07) is 23.7. The third-order valence-electron chi connectivity index (χ3n) is 4.27. The molecule has 0 heterocycles. The Labute approximate surface area is 188 Å². The number of para-hydroxylation sites is 1. The summed E-state index contributed by atoms with van der Waals surface area (Å²) in [5, 5.41) is 8.74. The molecule has 4 nitrogen and oxygen atoms in total. The Morgan fingerprint density at radius 2 is 1.80 bits per heavy atom. The predicted octanol–water partition coefficient (Wildman–Crippen LogP) is 6.15. The molecule has 0 saturated heterocycles. The van der Waals surface area contributed by atoms with E-state index in [2.05, 4.69) is 40.2 Å². The van der Waals surface area contributed by atoms with Crippen molar-refractivity contribution in [3.63, 3.8) is 0 Å². The number of aliphatic carboxylic acids is 1. The standard InChI is InChI=1S/C24H21BrO4S/c1-28-22-10-6-5-9-20(22)19(17-7-3-2-4-8-17)13-14-30-23-12-11-18(15-21(23)25)29-16-24(26)27/h2-13,15H,14,16H2,1H3,(H,26,27)/b19-13-. The lowest BCUT2D eigenvalue weighted by Crippen LogP contribution is -2.09. The van der Waals surface area contributed by atoms with Gasteiger partial charge in [0.05, 0.1) is 7.11 Å². The van der Waals surface area contributed by atoms with Crippen LogP contribution in [0.15, 0.2) is 88.2 Å². The lowest BCUT2D eigenvalue weighted by Gasteiger charge is -2.13. The largest absolute Gasteiger partial charge is 0.496 e. The van der Waals surface area contributed by atoms with Crippen molar-refractivity contribution in [2.45, 2.75) is 4.90 Å². The second-order valence-corrected chi connectivity index (χ2v) is 8.19. The maximum absolute atomic E-state index is 10.7. The number of methoxy groups -OCH3 is 1. The number of halogens is 1. The van der Waals surface area contributed by atoms with Crippen LogP contribution in [-0.2, 0) is 4.79 Å². The zero-order valence-corrected chi connectivity index (χ0v) is 18.8. The van der Waals surface area contributed by atoms with Gasteiger partial charge in [0.1, 0.15) is 11.5 Å². The molecule has 0 unspecified atom stereocenters. The van der Waals surface area contributed by atoms with Gasteiger partial charge in [-0.1, -0.05) is 54.6 Å². The summed E-state index contributed by atoms with van der Waals surface area (Å²) in [5.41, 5.74) is 3.28. The minimum absolute atomic E-state index is 0.360. The molecule has 0 spiro atoms. The summed E-state index contributed by atoms with van der Waals surface area (Å²) in [4.78, 5) is 11.7. The molecular weight excluding hydrogens is 464 g/mol. The fourth-order valence-corrected chi connectivity index (χ4v) is 4.41. The highest BCUT2D eigenvalue weighted by Crippen LogP contribution is 2.34. The maximum Gasteiger partial charge on any atom is 0.341 e. The average molecular weight is 485 g/mol. The first kappa shape index (κ1) is 22.0. The van der Waals surface area contributed by atoms with Gasteiger partial charge in [0.15, 0.2) is 6.61 Å². The van der Waals surface area contributed by atoms with E-state index in [-0.39, 0.29) is 6.61 Å². The van der Waals surface area contributed by atoms with Gasteiger partial charge in [0.2, 0.25) is 0 Å². The van der Waals surface area contributed by atoms with Crippen LogP contribution < -0.4 is 9.47 Å². The van der Waals surface area contributed by atoms with Gasteiger partial charge in [-0.25, -0.2) is 4.79 Å². The number of benzene rings is 3. The highest BCUT2D eigenvalue weighted by atomic mass is 79.9. The molecule has 0 atom stereocenters. The van der Waals surface area contributed by atoms with Crippen LogP contribution in [0.2, 0.25) is 0 Å². The van der Waals surface area contributed by atoms with Crippen LogP contribution in [0.5, 0.6) is 11.5 Å². The van der Waals surface area contributed by atoms with Crippen molar-refractivity contribution in [3.05, 3.63) is 94.5 Å². The molecule has 3 aromatic carbocycles. The Morgan fingerprint density at radius 1 is 1.07 bits per heavy atom.